The van der Waals surface area contributed by atoms with Gasteiger partial charge < -0.3 is 14.6 Å². The number of para-hydroxylation sites is 1. The highest BCUT2D eigenvalue weighted by atomic mass is 79.9. The second kappa shape index (κ2) is 9.54. The van der Waals surface area contributed by atoms with Crippen LogP contribution in [0, 0.1) is 13.8 Å². The van der Waals surface area contributed by atoms with Crippen LogP contribution in [0.15, 0.2) is 57.5 Å². The first-order valence-corrected chi connectivity index (χ1v) is 11.4. The highest BCUT2D eigenvalue weighted by Crippen LogP contribution is 2.43. The number of hydrogen-bond acceptors (Lipinski definition) is 3. The van der Waals surface area contributed by atoms with Crippen molar-refractivity contribution < 1.29 is 14.6 Å². The van der Waals surface area contributed by atoms with E-state index in [0.29, 0.717) is 17.1 Å². The van der Waals surface area contributed by atoms with E-state index in [9.17, 15) is 5.11 Å². The molecule has 0 bridgehead atoms. The van der Waals surface area contributed by atoms with Crippen molar-refractivity contribution in [1.82, 2.24) is 0 Å². The maximum atomic E-state index is 11.3. The molecular formula is C25H26Br2O3. The Labute approximate surface area is 195 Å². The Bertz CT molecular complexity index is 1020. The molecule has 1 N–H and O–H groups in total. The summed E-state index contributed by atoms with van der Waals surface area (Å²) in [6.45, 7) is 8.27. The first-order valence-electron chi connectivity index (χ1n) is 9.81. The maximum Gasteiger partial charge on any atom is 0.155 e. The lowest BCUT2D eigenvalue weighted by Crippen LogP contribution is -2.06. The molecule has 30 heavy (non-hydrogen) atoms. The van der Waals surface area contributed by atoms with Gasteiger partial charge in [0.15, 0.2) is 5.75 Å². The van der Waals surface area contributed by atoms with Gasteiger partial charge in [-0.05, 0) is 81.5 Å². The predicted octanol–water partition coefficient (Wildman–Crippen LogP) is 7.83. The summed E-state index contributed by atoms with van der Waals surface area (Å²) >= 11 is 7.13. The fourth-order valence-electron chi connectivity index (χ4n) is 3.56. The number of aliphatic hydroxyl groups is 1. The summed E-state index contributed by atoms with van der Waals surface area (Å²) in [5.74, 6) is 2.23. The van der Waals surface area contributed by atoms with Crippen molar-refractivity contribution in [3.63, 3.8) is 0 Å². The summed E-state index contributed by atoms with van der Waals surface area (Å²) in [6, 6.07) is 15.7. The Balaban J connectivity index is 2.19. The number of aliphatic hydroxyl groups excluding tert-OH is 1. The smallest absolute Gasteiger partial charge is 0.155 e. The van der Waals surface area contributed by atoms with Gasteiger partial charge >= 0.3 is 0 Å². The van der Waals surface area contributed by atoms with E-state index < -0.39 is 6.10 Å². The molecule has 0 fully saturated rings. The van der Waals surface area contributed by atoms with Crippen molar-refractivity contribution in [2.45, 2.75) is 39.7 Å². The Morgan fingerprint density at radius 2 is 1.40 bits per heavy atom. The molecule has 3 aromatic rings. The van der Waals surface area contributed by atoms with Crippen LogP contribution in [0.4, 0.5) is 0 Å². The normalized spacial score (nSPS) is 12.2. The number of rotatable bonds is 6. The van der Waals surface area contributed by atoms with Gasteiger partial charge in [-0.3, -0.25) is 0 Å². The number of hydrogen-bond donors (Lipinski definition) is 1. The van der Waals surface area contributed by atoms with Gasteiger partial charge in [0.1, 0.15) is 17.6 Å². The molecule has 0 aromatic heterocycles. The largest absolute Gasteiger partial charge is 0.496 e. The zero-order chi connectivity index (χ0) is 22.0. The van der Waals surface area contributed by atoms with Gasteiger partial charge in [0, 0.05) is 11.1 Å². The molecule has 0 saturated carbocycles. The van der Waals surface area contributed by atoms with Gasteiger partial charge in [-0.2, -0.15) is 0 Å². The van der Waals surface area contributed by atoms with Crippen LogP contribution in [0.25, 0.3) is 0 Å². The number of benzene rings is 3. The molecule has 1 atom stereocenters. The average molecular weight is 534 g/mol. The molecular weight excluding hydrogens is 508 g/mol. The van der Waals surface area contributed by atoms with Crippen LogP contribution >= 0.6 is 31.9 Å². The molecule has 3 rings (SSSR count). The lowest BCUT2D eigenvalue weighted by molar-refractivity contribution is 0.215. The maximum absolute atomic E-state index is 11.3. The molecule has 158 valence electrons. The Morgan fingerprint density at radius 3 is 1.93 bits per heavy atom. The third-order valence-electron chi connectivity index (χ3n) is 4.97. The summed E-state index contributed by atoms with van der Waals surface area (Å²) in [6.07, 6.45) is -0.852. The van der Waals surface area contributed by atoms with Crippen molar-refractivity contribution in [3.8, 4) is 17.2 Å². The Morgan fingerprint density at radius 1 is 0.833 bits per heavy atom. The number of methoxy groups -OCH3 is 1. The first-order chi connectivity index (χ1) is 14.2. The van der Waals surface area contributed by atoms with E-state index in [1.807, 2.05) is 56.3 Å². The quantitative estimate of drug-likeness (QED) is 0.350. The van der Waals surface area contributed by atoms with Crippen molar-refractivity contribution in [1.29, 1.82) is 0 Å². The topological polar surface area (TPSA) is 38.7 Å². The molecule has 0 amide bonds. The monoisotopic (exact) mass is 532 g/mol. The average Bonchev–Trinajstić information content (AvgIpc) is 2.69. The third-order valence-corrected chi connectivity index (χ3v) is 6.22. The van der Waals surface area contributed by atoms with E-state index >= 15 is 0 Å². The third kappa shape index (κ3) is 4.90. The molecule has 0 radical (unpaired) electrons. The molecule has 1 unspecified atom stereocenters. The van der Waals surface area contributed by atoms with Crippen molar-refractivity contribution in [2.75, 3.05) is 7.11 Å². The molecule has 5 heteroatoms. The Kier molecular flexibility index (Phi) is 7.27. The highest BCUT2D eigenvalue weighted by Gasteiger charge is 2.22. The van der Waals surface area contributed by atoms with Gasteiger partial charge in [0.2, 0.25) is 0 Å². The molecule has 0 aliphatic heterocycles. The number of ether oxygens (including phenoxy) is 2. The molecule has 0 heterocycles. The standard InChI is InChI=1S/C25H26Br2O3/c1-14(2)18-12-23(30-25-20(26)7-6-8-21(25)27)19(13-22(18)29-5)24(28)17-10-15(3)9-16(4)11-17/h6-14,24,28H,1-5H3. The lowest BCUT2D eigenvalue weighted by Gasteiger charge is -2.22. The van der Waals surface area contributed by atoms with Gasteiger partial charge in [-0.25, -0.2) is 0 Å². The van der Waals surface area contributed by atoms with E-state index in [1.165, 1.54) is 0 Å². The zero-order valence-corrected chi connectivity index (χ0v) is 21.0. The van der Waals surface area contributed by atoms with E-state index in [0.717, 1.165) is 36.9 Å². The summed E-state index contributed by atoms with van der Waals surface area (Å²) in [5, 5.41) is 11.3. The zero-order valence-electron chi connectivity index (χ0n) is 17.8. The van der Waals surface area contributed by atoms with Crippen LogP contribution in [0.1, 0.15) is 53.7 Å². The van der Waals surface area contributed by atoms with Crippen molar-refractivity contribution >= 4 is 31.9 Å². The predicted molar refractivity (Wildman–Crippen MR) is 129 cm³/mol. The minimum absolute atomic E-state index is 0.234. The highest BCUT2D eigenvalue weighted by molar-refractivity contribution is 9.11. The Hall–Kier alpha value is -1.82. The van der Waals surface area contributed by atoms with E-state index in [2.05, 4.69) is 51.8 Å². The van der Waals surface area contributed by atoms with E-state index in [1.54, 1.807) is 7.11 Å². The van der Waals surface area contributed by atoms with Crippen LogP contribution in [0.3, 0.4) is 0 Å². The minimum Gasteiger partial charge on any atom is -0.496 e. The van der Waals surface area contributed by atoms with E-state index in [-0.39, 0.29) is 5.92 Å². The van der Waals surface area contributed by atoms with Gasteiger partial charge in [-0.1, -0.05) is 49.2 Å². The molecule has 0 aliphatic rings. The van der Waals surface area contributed by atoms with Crippen LogP contribution in [-0.2, 0) is 0 Å². The summed E-state index contributed by atoms with van der Waals surface area (Å²) in [5.41, 5.74) is 4.70. The SMILES string of the molecule is COc1cc(C(O)c2cc(C)cc(C)c2)c(Oc2c(Br)cccc2Br)cc1C(C)C. The summed E-state index contributed by atoms with van der Waals surface area (Å²) in [4.78, 5) is 0. The van der Waals surface area contributed by atoms with Crippen LogP contribution in [-0.4, -0.2) is 12.2 Å². The molecule has 0 aliphatic carbocycles. The number of aryl methyl sites for hydroxylation is 2. The van der Waals surface area contributed by atoms with Crippen LogP contribution in [0.2, 0.25) is 0 Å². The second-order valence-corrected chi connectivity index (χ2v) is 9.47. The van der Waals surface area contributed by atoms with Crippen LogP contribution < -0.4 is 9.47 Å². The number of halogens is 2. The van der Waals surface area contributed by atoms with Crippen molar-refractivity contribution in [3.05, 3.63) is 85.3 Å². The van der Waals surface area contributed by atoms with Crippen LogP contribution in [0.5, 0.6) is 17.2 Å². The second-order valence-electron chi connectivity index (χ2n) is 7.76. The summed E-state index contributed by atoms with van der Waals surface area (Å²) < 4.78 is 13.7. The molecule has 3 aromatic carbocycles. The molecule has 0 saturated heterocycles. The van der Waals surface area contributed by atoms with Gasteiger partial charge in [0.25, 0.3) is 0 Å². The fraction of sp³-hybridized carbons (Fsp3) is 0.280. The van der Waals surface area contributed by atoms with Gasteiger partial charge in [-0.15, -0.1) is 0 Å². The van der Waals surface area contributed by atoms with E-state index in [4.69, 9.17) is 9.47 Å². The minimum atomic E-state index is -0.852. The molecule has 0 spiro atoms. The first kappa shape index (κ1) is 22.9. The van der Waals surface area contributed by atoms with Crippen molar-refractivity contribution in [2.24, 2.45) is 0 Å². The summed E-state index contributed by atoms with van der Waals surface area (Å²) in [7, 11) is 1.65. The fourth-order valence-corrected chi connectivity index (χ4v) is 4.72. The lowest BCUT2D eigenvalue weighted by atomic mass is 9.93. The van der Waals surface area contributed by atoms with Gasteiger partial charge in [0.05, 0.1) is 16.1 Å². The molecule has 3 nitrogen and oxygen atoms in total.